The third-order valence-corrected chi connectivity index (χ3v) is 5.96. The van der Waals surface area contributed by atoms with E-state index in [0.29, 0.717) is 39.4 Å². The molecule has 2 aliphatic heterocycles. The number of thiocarbonyl (C=S) groups is 1. The molecule has 8 heteroatoms. The van der Waals surface area contributed by atoms with Crippen molar-refractivity contribution in [3.63, 3.8) is 0 Å². The summed E-state index contributed by atoms with van der Waals surface area (Å²) in [6.45, 7) is 2.73. The molecule has 0 saturated carbocycles. The fraction of sp³-hybridized carbons (Fsp3) is 0.190. The number of ether oxygens (including phenoxy) is 2. The summed E-state index contributed by atoms with van der Waals surface area (Å²) in [5.74, 6) is 1.03. The molecule has 0 radical (unpaired) electrons. The molecule has 2 heterocycles. The molecule has 0 aromatic heterocycles. The molecule has 2 aliphatic rings. The number of fused-ring (bicyclic) bond motifs is 1. The van der Waals surface area contributed by atoms with Crippen LogP contribution in [0.2, 0.25) is 0 Å². The second-order valence-corrected chi connectivity index (χ2v) is 8.19. The SMILES string of the molecule is Cc1ccccc1C(=O)NCCN1C(=O)/C(=C\c2ccc3c(c2)OCO3)SC1=S. The first-order valence-corrected chi connectivity index (χ1v) is 10.2. The summed E-state index contributed by atoms with van der Waals surface area (Å²) in [5.41, 5.74) is 2.37. The largest absolute Gasteiger partial charge is 0.454 e. The average molecular weight is 427 g/mol. The monoisotopic (exact) mass is 426 g/mol. The molecule has 6 nitrogen and oxygen atoms in total. The Labute approximate surface area is 177 Å². The third-order valence-electron chi connectivity index (χ3n) is 4.58. The topological polar surface area (TPSA) is 67.9 Å². The average Bonchev–Trinajstić information content (AvgIpc) is 3.27. The number of nitrogens with zero attached hydrogens (tertiary/aromatic N) is 1. The Hall–Kier alpha value is -2.84. The number of thioether (sulfide) groups is 1. The van der Waals surface area contributed by atoms with Gasteiger partial charge in [0.15, 0.2) is 11.5 Å². The summed E-state index contributed by atoms with van der Waals surface area (Å²) in [6, 6.07) is 12.9. The van der Waals surface area contributed by atoms with Crippen molar-refractivity contribution in [2.24, 2.45) is 0 Å². The third kappa shape index (κ3) is 4.13. The van der Waals surface area contributed by atoms with Gasteiger partial charge >= 0.3 is 0 Å². The molecule has 2 aromatic rings. The van der Waals surface area contributed by atoms with Gasteiger partial charge in [-0.2, -0.15) is 0 Å². The fourth-order valence-electron chi connectivity index (χ4n) is 3.05. The Morgan fingerprint density at radius 3 is 2.86 bits per heavy atom. The van der Waals surface area contributed by atoms with Crippen molar-refractivity contribution in [3.8, 4) is 11.5 Å². The van der Waals surface area contributed by atoms with Gasteiger partial charge in [0.25, 0.3) is 11.8 Å². The number of rotatable bonds is 5. The highest BCUT2D eigenvalue weighted by Gasteiger charge is 2.31. The van der Waals surface area contributed by atoms with E-state index in [1.165, 1.54) is 16.7 Å². The Bertz CT molecular complexity index is 1040. The van der Waals surface area contributed by atoms with Gasteiger partial charge in [0.2, 0.25) is 6.79 Å². The van der Waals surface area contributed by atoms with Crippen LogP contribution < -0.4 is 14.8 Å². The van der Waals surface area contributed by atoms with E-state index in [1.54, 1.807) is 12.1 Å². The first-order chi connectivity index (χ1) is 14.0. The molecule has 0 bridgehead atoms. The first-order valence-electron chi connectivity index (χ1n) is 9.02. The van der Waals surface area contributed by atoms with Gasteiger partial charge < -0.3 is 14.8 Å². The number of hydrogen-bond acceptors (Lipinski definition) is 6. The summed E-state index contributed by atoms with van der Waals surface area (Å²) in [5, 5.41) is 2.85. The van der Waals surface area contributed by atoms with Gasteiger partial charge in [-0.1, -0.05) is 48.2 Å². The normalized spacial score (nSPS) is 16.6. The van der Waals surface area contributed by atoms with E-state index in [2.05, 4.69) is 5.32 Å². The van der Waals surface area contributed by atoms with Crippen LogP contribution in [-0.2, 0) is 4.79 Å². The number of aryl methyl sites for hydroxylation is 1. The lowest BCUT2D eigenvalue weighted by atomic mass is 10.1. The van der Waals surface area contributed by atoms with Crippen LogP contribution in [0.25, 0.3) is 6.08 Å². The van der Waals surface area contributed by atoms with Crippen molar-refractivity contribution in [3.05, 3.63) is 64.1 Å². The number of amides is 2. The zero-order chi connectivity index (χ0) is 20.4. The van der Waals surface area contributed by atoms with E-state index in [4.69, 9.17) is 21.7 Å². The molecule has 2 aromatic carbocycles. The summed E-state index contributed by atoms with van der Waals surface area (Å²) >= 11 is 6.61. The molecule has 0 spiro atoms. The second kappa shape index (κ2) is 8.26. The first kappa shape index (κ1) is 19.5. The van der Waals surface area contributed by atoms with E-state index >= 15 is 0 Å². The van der Waals surface area contributed by atoms with Gasteiger partial charge in [-0.25, -0.2) is 0 Å². The molecule has 2 amide bonds. The van der Waals surface area contributed by atoms with Crippen molar-refractivity contribution in [2.45, 2.75) is 6.92 Å². The van der Waals surface area contributed by atoms with Crippen LogP contribution in [-0.4, -0.2) is 40.9 Å². The standard InChI is InChI=1S/C21H18N2O4S2/c1-13-4-2-3-5-15(13)19(24)22-8-9-23-20(25)18(29-21(23)28)11-14-6-7-16-17(10-14)27-12-26-16/h2-7,10-11H,8-9,12H2,1H3,(H,22,24)/b18-11+. The van der Waals surface area contributed by atoms with Gasteiger partial charge in [-0.15, -0.1) is 0 Å². The van der Waals surface area contributed by atoms with Crippen LogP contribution in [0, 0.1) is 6.92 Å². The van der Waals surface area contributed by atoms with Gasteiger partial charge in [0.05, 0.1) is 4.91 Å². The van der Waals surface area contributed by atoms with E-state index in [9.17, 15) is 9.59 Å². The maximum Gasteiger partial charge on any atom is 0.266 e. The van der Waals surface area contributed by atoms with Gasteiger partial charge in [-0.3, -0.25) is 14.5 Å². The van der Waals surface area contributed by atoms with E-state index < -0.39 is 0 Å². The number of benzene rings is 2. The number of carbonyl (C=O) groups is 2. The summed E-state index contributed by atoms with van der Waals surface area (Å²) < 4.78 is 11.2. The Morgan fingerprint density at radius 1 is 1.24 bits per heavy atom. The molecular weight excluding hydrogens is 408 g/mol. The zero-order valence-corrected chi connectivity index (χ0v) is 17.3. The van der Waals surface area contributed by atoms with Gasteiger partial charge in [0.1, 0.15) is 4.32 Å². The maximum atomic E-state index is 12.7. The zero-order valence-electron chi connectivity index (χ0n) is 15.6. The predicted molar refractivity (Wildman–Crippen MR) is 116 cm³/mol. The Morgan fingerprint density at radius 2 is 2.03 bits per heavy atom. The molecule has 0 aliphatic carbocycles. The molecular formula is C21H18N2O4S2. The lowest BCUT2D eigenvalue weighted by molar-refractivity contribution is -0.122. The number of nitrogens with one attached hydrogen (secondary N) is 1. The molecule has 1 N–H and O–H groups in total. The number of carbonyl (C=O) groups excluding carboxylic acids is 2. The van der Waals surface area contributed by atoms with Gasteiger partial charge in [-0.05, 0) is 42.3 Å². The van der Waals surface area contributed by atoms with Crippen LogP contribution in [0.1, 0.15) is 21.5 Å². The highest BCUT2D eigenvalue weighted by Crippen LogP contribution is 2.36. The molecule has 4 rings (SSSR count). The molecule has 148 valence electrons. The minimum atomic E-state index is -0.164. The van der Waals surface area contributed by atoms with Crippen molar-refractivity contribution < 1.29 is 19.1 Å². The highest BCUT2D eigenvalue weighted by atomic mass is 32.2. The van der Waals surface area contributed by atoms with Gasteiger partial charge in [0, 0.05) is 18.7 Å². The summed E-state index contributed by atoms with van der Waals surface area (Å²) in [7, 11) is 0. The quantitative estimate of drug-likeness (QED) is 0.584. The van der Waals surface area contributed by atoms with Crippen LogP contribution >= 0.6 is 24.0 Å². The number of hydrogen-bond donors (Lipinski definition) is 1. The van der Waals surface area contributed by atoms with Crippen molar-refractivity contribution >= 4 is 46.2 Å². The highest BCUT2D eigenvalue weighted by molar-refractivity contribution is 8.26. The molecule has 1 saturated heterocycles. The molecule has 0 atom stereocenters. The molecule has 1 fully saturated rings. The van der Waals surface area contributed by atoms with Crippen molar-refractivity contribution in [1.29, 1.82) is 0 Å². The molecule has 29 heavy (non-hydrogen) atoms. The minimum Gasteiger partial charge on any atom is -0.454 e. The second-order valence-electron chi connectivity index (χ2n) is 6.52. The van der Waals surface area contributed by atoms with Crippen molar-refractivity contribution in [1.82, 2.24) is 10.2 Å². The Balaban J connectivity index is 1.38. The maximum absolute atomic E-state index is 12.7. The van der Waals surface area contributed by atoms with Crippen LogP contribution in [0.15, 0.2) is 47.4 Å². The predicted octanol–water partition coefficient (Wildman–Crippen LogP) is 3.35. The fourth-order valence-corrected chi connectivity index (χ4v) is 4.36. The van der Waals surface area contributed by atoms with E-state index in [0.717, 1.165) is 11.1 Å². The lowest BCUT2D eigenvalue weighted by Crippen LogP contribution is -2.37. The lowest BCUT2D eigenvalue weighted by Gasteiger charge is -2.15. The van der Waals surface area contributed by atoms with Crippen LogP contribution in [0.3, 0.4) is 0 Å². The van der Waals surface area contributed by atoms with Crippen LogP contribution in [0.4, 0.5) is 0 Å². The van der Waals surface area contributed by atoms with E-state index in [-0.39, 0.29) is 18.6 Å². The summed E-state index contributed by atoms with van der Waals surface area (Å²) in [4.78, 5) is 27.1. The minimum absolute atomic E-state index is 0.163. The van der Waals surface area contributed by atoms with E-state index in [1.807, 2.05) is 43.3 Å². The smallest absolute Gasteiger partial charge is 0.266 e. The van der Waals surface area contributed by atoms with Crippen molar-refractivity contribution in [2.75, 3.05) is 19.9 Å². The molecule has 0 unspecified atom stereocenters. The Kier molecular flexibility index (Phi) is 5.55. The van der Waals surface area contributed by atoms with Crippen LogP contribution in [0.5, 0.6) is 11.5 Å². The summed E-state index contributed by atoms with van der Waals surface area (Å²) in [6.07, 6.45) is 1.78.